The highest BCUT2D eigenvalue weighted by Crippen LogP contribution is 2.35. The second-order valence-corrected chi connectivity index (χ2v) is 6.17. The van der Waals surface area contributed by atoms with Crippen molar-refractivity contribution in [2.75, 3.05) is 13.1 Å². The maximum absolute atomic E-state index is 9.48. The van der Waals surface area contributed by atoms with Crippen LogP contribution in [0.3, 0.4) is 0 Å². The number of benzene rings is 1. The van der Waals surface area contributed by atoms with Crippen molar-refractivity contribution in [3.05, 3.63) is 29.8 Å². The molecule has 0 saturated carbocycles. The SMILES string of the molecule is CCC(c1ccc(O)cc1)N1CCCC1C1CCCN1. The summed E-state index contributed by atoms with van der Waals surface area (Å²) in [7, 11) is 0. The van der Waals surface area contributed by atoms with Crippen molar-refractivity contribution in [3.63, 3.8) is 0 Å². The summed E-state index contributed by atoms with van der Waals surface area (Å²) in [6.07, 6.45) is 6.43. The summed E-state index contributed by atoms with van der Waals surface area (Å²) in [4.78, 5) is 2.70. The monoisotopic (exact) mass is 274 g/mol. The second-order valence-electron chi connectivity index (χ2n) is 6.17. The van der Waals surface area contributed by atoms with Crippen LogP contribution in [0.1, 0.15) is 50.6 Å². The van der Waals surface area contributed by atoms with Crippen LogP contribution >= 0.6 is 0 Å². The first kappa shape index (κ1) is 13.9. The first-order valence-electron chi connectivity index (χ1n) is 8.07. The molecule has 2 aliphatic rings. The third-order valence-corrected chi connectivity index (χ3v) is 4.97. The maximum Gasteiger partial charge on any atom is 0.115 e. The average molecular weight is 274 g/mol. The third-order valence-electron chi connectivity index (χ3n) is 4.97. The molecular formula is C17H26N2O. The quantitative estimate of drug-likeness (QED) is 0.886. The van der Waals surface area contributed by atoms with Gasteiger partial charge in [-0.3, -0.25) is 4.90 Å². The zero-order valence-electron chi connectivity index (χ0n) is 12.4. The molecule has 0 radical (unpaired) electrons. The minimum atomic E-state index is 0.360. The average Bonchev–Trinajstić information content (AvgIpc) is 3.12. The number of nitrogens with one attached hydrogen (secondary N) is 1. The molecular weight excluding hydrogens is 248 g/mol. The molecule has 3 unspecified atom stereocenters. The third kappa shape index (κ3) is 2.70. The molecule has 2 saturated heterocycles. The molecule has 2 fully saturated rings. The Balaban J connectivity index is 1.78. The number of likely N-dealkylation sites (tertiary alicyclic amines) is 1. The van der Waals surface area contributed by atoms with Gasteiger partial charge >= 0.3 is 0 Å². The largest absolute Gasteiger partial charge is 0.508 e. The lowest BCUT2D eigenvalue weighted by molar-refractivity contribution is 0.148. The van der Waals surface area contributed by atoms with E-state index >= 15 is 0 Å². The summed E-state index contributed by atoms with van der Waals surface area (Å²) in [5.41, 5.74) is 1.34. The Morgan fingerprint density at radius 1 is 1.25 bits per heavy atom. The van der Waals surface area contributed by atoms with E-state index in [1.807, 2.05) is 12.1 Å². The normalized spacial score (nSPS) is 28.9. The summed E-state index contributed by atoms with van der Waals surface area (Å²) in [5.74, 6) is 0.360. The first-order chi connectivity index (χ1) is 9.79. The zero-order valence-corrected chi connectivity index (χ0v) is 12.4. The minimum absolute atomic E-state index is 0.360. The Labute approximate surface area is 122 Å². The molecule has 20 heavy (non-hydrogen) atoms. The maximum atomic E-state index is 9.48. The molecule has 0 aromatic heterocycles. The minimum Gasteiger partial charge on any atom is -0.508 e. The molecule has 0 aliphatic carbocycles. The zero-order chi connectivity index (χ0) is 13.9. The molecule has 1 aromatic carbocycles. The van der Waals surface area contributed by atoms with E-state index in [-0.39, 0.29) is 0 Å². The lowest BCUT2D eigenvalue weighted by Gasteiger charge is -2.36. The van der Waals surface area contributed by atoms with Gasteiger partial charge in [0.15, 0.2) is 0 Å². The topological polar surface area (TPSA) is 35.5 Å². The van der Waals surface area contributed by atoms with Gasteiger partial charge in [-0.2, -0.15) is 0 Å². The Bertz CT molecular complexity index is 425. The molecule has 110 valence electrons. The van der Waals surface area contributed by atoms with Gasteiger partial charge in [0.25, 0.3) is 0 Å². The number of phenols is 1. The number of nitrogens with zero attached hydrogens (tertiary/aromatic N) is 1. The summed E-state index contributed by atoms with van der Waals surface area (Å²) in [6.45, 7) is 4.67. The van der Waals surface area contributed by atoms with Crippen molar-refractivity contribution in [2.24, 2.45) is 0 Å². The lowest BCUT2D eigenvalue weighted by atomic mass is 9.98. The molecule has 3 heteroatoms. The van der Waals surface area contributed by atoms with E-state index < -0.39 is 0 Å². The first-order valence-corrected chi connectivity index (χ1v) is 8.07. The molecule has 0 bridgehead atoms. The van der Waals surface area contributed by atoms with Gasteiger partial charge in [-0.15, -0.1) is 0 Å². The van der Waals surface area contributed by atoms with Crippen molar-refractivity contribution in [3.8, 4) is 5.75 Å². The molecule has 3 rings (SSSR count). The fraction of sp³-hybridized carbons (Fsp3) is 0.647. The molecule has 1 aromatic rings. The van der Waals surface area contributed by atoms with Gasteiger partial charge in [0, 0.05) is 18.1 Å². The number of hydrogen-bond acceptors (Lipinski definition) is 3. The van der Waals surface area contributed by atoms with Crippen molar-refractivity contribution in [1.82, 2.24) is 10.2 Å². The molecule has 2 N–H and O–H groups in total. The number of rotatable bonds is 4. The molecule has 2 aliphatic heterocycles. The Morgan fingerprint density at radius 3 is 2.70 bits per heavy atom. The van der Waals surface area contributed by atoms with Crippen LogP contribution < -0.4 is 5.32 Å². The van der Waals surface area contributed by atoms with Crippen LogP contribution in [0.4, 0.5) is 0 Å². The van der Waals surface area contributed by atoms with Gasteiger partial charge in [-0.05, 0) is 62.9 Å². The van der Waals surface area contributed by atoms with Gasteiger partial charge in [-0.25, -0.2) is 0 Å². The Morgan fingerprint density at radius 2 is 2.05 bits per heavy atom. The number of phenolic OH excluding ortho intramolecular Hbond substituents is 1. The van der Waals surface area contributed by atoms with E-state index in [4.69, 9.17) is 0 Å². The van der Waals surface area contributed by atoms with Crippen LogP contribution in [-0.4, -0.2) is 35.2 Å². The predicted octanol–water partition coefficient (Wildman–Crippen LogP) is 3.06. The van der Waals surface area contributed by atoms with E-state index in [1.54, 1.807) is 0 Å². The molecule has 3 atom stereocenters. The fourth-order valence-electron chi connectivity index (χ4n) is 4.03. The summed E-state index contributed by atoms with van der Waals surface area (Å²) < 4.78 is 0. The van der Waals surface area contributed by atoms with Crippen molar-refractivity contribution in [1.29, 1.82) is 0 Å². The molecule has 3 nitrogen and oxygen atoms in total. The van der Waals surface area contributed by atoms with E-state index in [0.717, 1.165) is 6.42 Å². The summed E-state index contributed by atoms with van der Waals surface area (Å²) in [6, 6.07) is 9.67. The second kappa shape index (κ2) is 6.15. The highest BCUT2D eigenvalue weighted by molar-refractivity contribution is 5.28. The molecule has 0 spiro atoms. The van der Waals surface area contributed by atoms with Crippen molar-refractivity contribution in [2.45, 2.75) is 57.2 Å². The van der Waals surface area contributed by atoms with Gasteiger partial charge in [0.1, 0.15) is 5.75 Å². The summed E-state index contributed by atoms with van der Waals surface area (Å²) >= 11 is 0. The van der Waals surface area contributed by atoms with Gasteiger partial charge in [0.05, 0.1) is 0 Å². The van der Waals surface area contributed by atoms with Crippen LogP contribution in [0, 0.1) is 0 Å². The highest BCUT2D eigenvalue weighted by atomic mass is 16.3. The van der Waals surface area contributed by atoms with E-state index in [9.17, 15) is 5.11 Å². The van der Waals surface area contributed by atoms with E-state index in [0.29, 0.717) is 23.9 Å². The van der Waals surface area contributed by atoms with Crippen molar-refractivity contribution >= 4 is 0 Å². The van der Waals surface area contributed by atoms with Crippen molar-refractivity contribution < 1.29 is 5.11 Å². The predicted molar refractivity (Wildman–Crippen MR) is 81.9 cm³/mol. The fourth-order valence-corrected chi connectivity index (χ4v) is 4.03. The summed E-state index contributed by atoms with van der Waals surface area (Å²) in [5, 5.41) is 13.2. The van der Waals surface area contributed by atoms with Crippen LogP contribution in [0.25, 0.3) is 0 Å². The van der Waals surface area contributed by atoms with Crippen LogP contribution in [0.15, 0.2) is 24.3 Å². The number of hydrogen-bond donors (Lipinski definition) is 2. The van der Waals surface area contributed by atoms with E-state index in [2.05, 4.69) is 29.3 Å². The standard InChI is InChI=1S/C17H26N2O/c1-2-16(13-7-9-14(20)10-8-13)19-12-4-6-17(19)15-5-3-11-18-15/h7-10,15-18,20H,2-6,11-12H2,1H3. The van der Waals surface area contributed by atoms with Gasteiger partial charge in [-0.1, -0.05) is 19.1 Å². The smallest absolute Gasteiger partial charge is 0.115 e. The van der Waals surface area contributed by atoms with E-state index in [1.165, 1.54) is 44.3 Å². The lowest BCUT2D eigenvalue weighted by Crippen LogP contribution is -2.45. The number of aromatic hydroxyl groups is 1. The van der Waals surface area contributed by atoms with Crippen LogP contribution in [-0.2, 0) is 0 Å². The molecule has 2 heterocycles. The highest BCUT2D eigenvalue weighted by Gasteiger charge is 2.36. The van der Waals surface area contributed by atoms with Crippen LogP contribution in [0.2, 0.25) is 0 Å². The van der Waals surface area contributed by atoms with Crippen LogP contribution in [0.5, 0.6) is 5.75 Å². The Kier molecular flexibility index (Phi) is 4.27. The molecule has 0 amide bonds. The van der Waals surface area contributed by atoms with Gasteiger partial charge in [0.2, 0.25) is 0 Å². The Hall–Kier alpha value is -1.06. The van der Waals surface area contributed by atoms with Gasteiger partial charge < -0.3 is 10.4 Å².